The van der Waals surface area contributed by atoms with Gasteiger partial charge < -0.3 is 15.4 Å². The molecule has 7 heteroatoms. The number of guanidine groups is 1. The highest BCUT2D eigenvalue weighted by molar-refractivity contribution is 5.79. The molecule has 0 saturated heterocycles. The number of aliphatic imine (C=N–C) groups is 1. The Morgan fingerprint density at radius 2 is 1.96 bits per heavy atom. The van der Waals surface area contributed by atoms with E-state index in [-0.39, 0.29) is 0 Å². The Hall–Kier alpha value is -3.35. The fraction of sp³-hybridized carbons (Fsp3) is 0.250. The molecule has 0 bridgehead atoms. The van der Waals surface area contributed by atoms with E-state index in [1.807, 2.05) is 24.3 Å². The summed E-state index contributed by atoms with van der Waals surface area (Å²) in [5, 5.41) is 13.5. The first-order valence-corrected chi connectivity index (χ1v) is 8.80. The number of hydrogen-bond acceptors (Lipinski definition) is 4. The number of nitrogens with zero attached hydrogens (tertiary/aromatic N) is 3. The van der Waals surface area contributed by atoms with Crippen molar-refractivity contribution in [3.8, 4) is 17.1 Å². The van der Waals surface area contributed by atoms with Crippen LogP contribution < -0.4 is 15.4 Å². The van der Waals surface area contributed by atoms with Gasteiger partial charge in [0.25, 0.3) is 0 Å². The van der Waals surface area contributed by atoms with Crippen molar-refractivity contribution in [1.29, 1.82) is 0 Å². The topological polar surface area (TPSA) is 87.2 Å². The van der Waals surface area contributed by atoms with Gasteiger partial charge in [0, 0.05) is 25.7 Å². The van der Waals surface area contributed by atoms with Crippen molar-refractivity contribution in [2.45, 2.75) is 13.0 Å². The van der Waals surface area contributed by atoms with Crippen LogP contribution in [-0.2, 0) is 13.0 Å². The first kappa shape index (κ1) is 18.4. The van der Waals surface area contributed by atoms with Crippen LogP contribution in [0.5, 0.6) is 5.75 Å². The predicted molar refractivity (Wildman–Crippen MR) is 107 cm³/mol. The summed E-state index contributed by atoms with van der Waals surface area (Å²) in [7, 11) is 3.45. The lowest BCUT2D eigenvalue weighted by atomic mass is 10.1. The normalized spacial score (nSPS) is 11.3. The Balaban J connectivity index is 1.48. The average Bonchev–Trinajstić information content (AvgIpc) is 3.26. The quantitative estimate of drug-likeness (QED) is 0.443. The Morgan fingerprint density at radius 1 is 1.11 bits per heavy atom. The number of aromatic nitrogens is 3. The van der Waals surface area contributed by atoms with E-state index >= 15 is 0 Å². The summed E-state index contributed by atoms with van der Waals surface area (Å²) in [5.74, 6) is 2.41. The maximum absolute atomic E-state index is 5.18. The monoisotopic (exact) mass is 364 g/mol. The summed E-state index contributed by atoms with van der Waals surface area (Å²) in [4.78, 5) is 8.47. The second kappa shape index (κ2) is 9.38. The molecule has 0 spiro atoms. The summed E-state index contributed by atoms with van der Waals surface area (Å²) in [6, 6.07) is 16.3. The van der Waals surface area contributed by atoms with Crippen molar-refractivity contribution < 1.29 is 4.74 Å². The van der Waals surface area contributed by atoms with Gasteiger partial charge in [-0.05, 0) is 35.7 Å². The first-order valence-electron chi connectivity index (χ1n) is 8.80. The van der Waals surface area contributed by atoms with E-state index in [1.54, 1.807) is 14.2 Å². The largest absolute Gasteiger partial charge is 0.497 e. The number of ether oxygens (including phenoxy) is 1. The molecular weight excluding hydrogens is 340 g/mol. The number of methoxy groups -OCH3 is 1. The third-order valence-electron chi connectivity index (χ3n) is 4.16. The minimum Gasteiger partial charge on any atom is -0.497 e. The summed E-state index contributed by atoms with van der Waals surface area (Å²) in [5.41, 5.74) is 3.40. The number of nitrogens with one attached hydrogen (secondary N) is 3. The molecule has 0 aliphatic heterocycles. The molecule has 0 radical (unpaired) electrons. The van der Waals surface area contributed by atoms with Gasteiger partial charge in [-0.3, -0.25) is 10.1 Å². The molecule has 3 N–H and O–H groups in total. The molecule has 0 unspecified atom stereocenters. The Bertz CT molecular complexity index is 858. The molecule has 0 amide bonds. The lowest BCUT2D eigenvalue weighted by Crippen LogP contribution is -2.37. The molecule has 0 aliphatic rings. The van der Waals surface area contributed by atoms with Crippen LogP contribution in [0.15, 0.2) is 59.9 Å². The fourth-order valence-corrected chi connectivity index (χ4v) is 2.70. The van der Waals surface area contributed by atoms with Gasteiger partial charge in [-0.15, -0.1) is 0 Å². The number of aromatic amines is 1. The van der Waals surface area contributed by atoms with Gasteiger partial charge in [0.1, 0.15) is 12.1 Å². The van der Waals surface area contributed by atoms with Crippen LogP contribution in [0.2, 0.25) is 0 Å². The predicted octanol–water partition coefficient (Wildman–Crippen LogP) is 2.39. The molecule has 1 aromatic heterocycles. The van der Waals surface area contributed by atoms with Crippen LogP contribution in [0.4, 0.5) is 0 Å². The van der Waals surface area contributed by atoms with Crippen LogP contribution in [0.25, 0.3) is 11.4 Å². The smallest absolute Gasteiger partial charge is 0.191 e. The van der Waals surface area contributed by atoms with E-state index in [0.29, 0.717) is 6.54 Å². The minimum atomic E-state index is 0.671. The number of hydrogen-bond donors (Lipinski definition) is 3. The standard InChI is InChI=1S/C20H24N6O/c1-21-20(22-11-10-15-6-8-18(27-2)9-7-15)23-13-16-4-3-5-17(12-16)19-24-14-25-26-19/h3-9,12,14H,10-11,13H2,1-2H3,(H2,21,22,23)(H,24,25,26). The van der Waals surface area contributed by atoms with Gasteiger partial charge in [-0.1, -0.05) is 30.3 Å². The summed E-state index contributed by atoms with van der Waals surface area (Å²) < 4.78 is 5.18. The number of benzene rings is 2. The summed E-state index contributed by atoms with van der Waals surface area (Å²) >= 11 is 0. The Morgan fingerprint density at radius 3 is 2.67 bits per heavy atom. The van der Waals surface area contributed by atoms with Gasteiger partial charge >= 0.3 is 0 Å². The highest BCUT2D eigenvalue weighted by Crippen LogP contribution is 2.15. The molecular formula is C20H24N6O. The molecule has 27 heavy (non-hydrogen) atoms. The molecule has 0 atom stereocenters. The van der Waals surface area contributed by atoms with Crippen LogP contribution >= 0.6 is 0 Å². The third kappa shape index (κ3) is 5.31. The maximum Gasteiger partial charge on any atom is 0.191 e. The zero-order valence-corrected chi connectivity index (χ0v) is 15.6. The molecule has 2 aromatic carbocycles. The Kier molecular flexibility index (Phi) is 6.40. The molecule has 0 aliphatic carbocycles. The fourth-order valence-electron chi connectivity index (χ4n) is 2.70. The first-order chi connectivity index (χ1) is 13.3. The molecule has 140 valence electrons. The molecule has 3 aromatic rings. The van der Waals surface area contributed by atoms with Crippen molar-refractivity contribution in [1.82, 2.24) is 25.8 Å². The summed E-state index contributed by atoms with van der Waals surface area (Å²) in [6.45, 7) is 1.47. The van der Waals surface area contributed by atoms with Crippen molar-refractivity contribution in [2.75, 3.05) is 20.7 Å². The molecule has 1 heterocycles. The Labute approximate surface area is 158 Å². The lowest BCUT2D eigenvalue weighted by molar-refractivity contribution is 0.414. The van der Waals surface area contributed by atoms with Crippen molar-refractivity contribution >= 4 is 5.96 Å². The van der Waals surface area contributed by atoms with Gasteiger partial charge in [0.2, 0.25) is 0 Å². The zero-order chi connectivity index (χ0) is 18.9. The highest BCUT2D eigenvalue weighted by Gasteiger charge is 2.03. The van der Waals surface area contributed by atoms with Crippen molar-refractivity contribution in [2.24, 2.45) is 4.99 Å². The third-order valence-corrected chi connectivity index (χ3v) is 4.16. The second-order valence-corrected chi connectivity index (χ2v) is 5.99. The van der Waals surface area contributed by atoms with Crippen LogP contribution in [0.1, 0.15) is 11.1 Å². The van der Waals surface area contributed by atoms with E-state index in [0.717, 1.165) is 41.6 Å². The SMILES string of the molecule is CN=C(NCCc1ccc(OC)cc1)NCc1cccc(-c2ncn[nH]2)c1. The molecule has 7 nitrogen and oxygen atoms in total. The van der Waals surface area contributed by atoms with Crippen LogP contribution in [-0.4, -0.2) is 41.8 Å². The average molecular weight is 364 g/mol. The van der Waals surface area contributed by atoms with Gasteiger partial charge in [0.15, 0.2) is 11.8 Å². The van der Waals surface area contributed by atoms with Gasteiger partial charge in [0.05, 0.1) is 7.11 Å². The van der Waals surface area contributed by atoms with Gasteiger partial charge in [-0.2, -0.15) is 5.10 Å². The molecule has 0 saturated carbocycles. The lowest BCUT2D eigenvalue weighted by Gasteiger charge is -2.12. The second-order valence-electron chi connectivity index (χ2n) is 5.99. The number of rotatable bonds is 7. The minimum absolute atomic E-state index is 0.671. The summed E-state index contributed by atoms with van der Waals surface area (Å²) in [6.07, 6.45) is 2.42. The maximum atomic E-state index is 5.18. The van der Waals surface area contributed by atoms with Crippen molar-refractivity contribution in [3.63, 3.8) is 0 Å². The van der Waals surface area contributed by atoms with Gasteiger partial charge in [-0.25, -0.2) is 4.98 Å². The van der Waals surface area contributed by atoms with Crippen molar-refractivity contribution in [3.05, 3.63) is 66.0 Å². The molecule has 0 fully saturated rings. The van der Waals surface area contributed by atoms with Crippen LogP contribution in [0, 0.1) is 0 Å². The van der Waals surface area contributed by atoms with E-state index < -0.39 is 0 Å². The molecule has 3 rings (SSSR count). The van der Waals surface area contributed by atoms with E-state index in [9.17, 15) is 0 Å². The van der Waals surface area contributed by atoms with E-state index in [4.69, 9.17) is 4.74 Å². The number of H-pyrrole nitrogens is 1. The highest BCUT2D eigenvalue weighted by atomic mass is 16.5. The van der Waals surface area contributed by atoms with Crippen LogP contribution in [0.3, 0.4) is 0 Å². The van der Waals surface area contributed by atoms with E-state index in [1.165, 1.54) is 11.9 Å². The zero-order valence-electron chi connectivity index (χ0n) is 15.6. The van der Waals surface area contributed by atoms with E-state index in [2.05, 4.69) is 55.1 Å².